The first kappa shape index (κ1) is 11.3. The van der Waals surface area contributed by atoms with Gasteiger partial charge in [-0.25, -0.2) is 4.98 Å². The van der Waals surface area contributed by atoms with Crippen molar-refractivity contribution in [2.24, 2.45) is 0 Å². The van der Waals surface area contributed by atoms with E-state index in [4.69, 9.17) is 11.6 Å². The topological polar surface area (TPSA) is 24.9 Å². The fraction of sp³-hybridized carbons (Fsp3) is 0.545. The Morgan fingerprint density at radius 3 is 2.79 bits per heavy atom. The molecule has 0 radical (unpaired) electrons. The van der Waals surface area contributed by atoms with E-state index in [9.17, 15) is 0 Å². The van der Waals surface area contributed by atoms with Crippen LogP contribution in [0.15, 0.2) is 18.3 Å². The zero-order valence-electron chi connectivity index (χ0n) is 8.97. The van der Waals surface area contributed by atoms with Crippen molar-refractivity contribution in [1.29, 1.82) is 0 Å². The molecule has 1 aromatic rings. The Morgan fingerprint density at radius 1 is 1.57 bits per heavy atom. The lowest BCUT2D eigenvalue weighted by Crippen LogP contribution is -2.36. The SMILES string of the molecule is CCC(C)(CCl)Nc1ncccc1C. The van der Waals surface area contributed by atoms with Gasteiger partial charge in [-0.05, 0) is 31.9 Å². The van der Waals surface area contributed by atoms with Crippen LogP contribution >= 0.6 is 11.6 Å². The summed E-state index contributed by atoms with van der Waals surface area (Å²) < 4.78 is 0. The summed E-state index contributed by atoms with van der Waals surface area (Å²) in [6.07, 6.45) is 2.77. The molecule has 3 heteroatoms. The maximum atomic E-state index is 5.92. The van der Waals surface area contributed by atoms with Crippen LogP contribution in [0.5, 0.6) is 0 Å². The fourth-order valence-electron chi connectivity index (χ4n) is 1.12. The van der Waals surface area contributed by atoms with Gasteiger partial charge in [0.05, 0.1) is 0 Å². The van der Waals surface area contributed by atoms with Crippen molar-refractivity contribution >= 4 is 17.4 Å². The highest BCUT2D eigenvalue weighted by atomic mass is 35.5. The largest absolute Gasteiger partial charge is 0.364 e. The number of rotatable bonds is 4. The normalized spacial score (nSPS) is 14.9. The van der Waals surface area contributed by atoms with Crippen molar-refractivity contribution in [1.82, 2.24) is 4.98 Å². The Morgan fingerprint density at radius 2 is 2.29 bits per heavy atom. The molecule has 1 N–H and O–H groups in total. The van der Waals surface area contributed by atoms with Crippen molar-refractivity contribution in [2.45, 2.75) is 32.7 Å². The zero-order valence-corrected chi connectivity index (χ0v) is 9.73. The number of aromatic nitrogens is 1. The first-order valence-electron chi connectivity index (χ1n) is 4.87. The van der Waals surface area contributed by atoms with Gasteiger partial charge < -0.3 is 5.32 Å². The van der Waals surface area contributed by atoms with E-state index >= 15 is 0 Å². The molecule has 0 bridgehead atoms. The van der Waals surface area contributed by atoms with Gasteiger partial charge >= 0.3 is 0 Å². The third kappa shape index (κ3) is 2.61. The van der Waals surface area contributed by atoms with E-state index < -0.39 is 0 Å². The molecular formula is C11H17ClN2. The molecule has 0 saturated carbocycles. The number of nitrogens with one attached hydrogen (secondary N) is 1. The number of hydrogen-bond acceptors (Lipinski definition) is 2. The molecule has 0 aliphatic rings. The van der Waals surface area contributed by atoms with E-state index in [-0.39, 0.29) is 5.54 Å². The van der Waals surface area contributed by atoms with Gasteiger partial charge in [0.25, 0.3) is 0 Å². The third-order valence-corrected chi connectivity index (χ3v) is 3.09. The molecule has 0 saturated heterocycles. The number of nitrogens with zero attached hydrogens (tertiary/aromatic N) is 1. The summed E-state index contributed by atoms with van der Waals surface area (Å²) in [7, 11) is 0. The van der Waals surface area contributed by atoms with Gasteiger partial charge in [-0.3, -0.25) is 0 Å². The average Bonchev–Trinajstić information content (AvgIpc) is 2.21. The molecule has 1 rings (SSSR count). The van der Waals surface area contributed by atoms with E-state index in [1.54, 1.807) is 6.20 Å². The van der Waals surface area contributed by atoms with E-state index in [0.717, 1.165) is 17.8 Å². The number of anilines is 1. The van der Waals surface area contributed by atoms with Crippen molar-refractivity contribution in [2.75, 3.05) is 11.2 Å². The van der Waals surface area contributed by atoms with E-state index in [1.807, 2.05) is 19.1 Å². The molecule has 0 amide bonds. The molecular weight excluding hydrogens is 196 g/mol. The van der Waals surface area contributed by atoms with Crippen molar-refractivity contribution < 1.29 is 0 Å². The van der Waals surface area contributed by atoms with Gasteiger partial charge in [0, 0.05) is 17.6 Å². The van der Waals surface area contributed by atoms with Gasteiger partial charge in [-0.2, -0.15) is 0 Å². The lowest BCUT2D eigenvalue weighted by molar-refractivity contribution is 0.551. The molecule has 0 spiro atoms. The number of pyridine rings is 1. The number of hydrogen-bond donors (Lipinski definition) is 1. The Kier molecular flexibility index (Phi) is 3.76. The second-order valence-corrected chi connectivity index (χ2v) is 4.11. The van der Waals surface area contributed by atoms with Gasteiger partial charge in [-0.1, -0.05) is 13.0 Å². The number of halogens is 1. The molecule has 0 aromatic carbocycles. The minimum atomic E-state index is -0.0688. The summed E-state index contributed by atoms with van der Waals surface area (Å²) in [6, 6.07) is 3.98. The van der Waals surface area contributed by atoms with Crippen LogP contribution < -0.4 is 5.32 Å². The monoisotopic (exact) mass is 212 g/mol. The molecule has 2 nitrogen and oxygen atoms in total. The first-order chi connectivity index (χ1) is 6.61. The highest BCUT2D eigenvalue weighted by Crippen LogP contribution is 2.20. The minimum absolute atomic E-state index is 0.0688. The summed E-state index contributed by atoms with van der Waals surface area (Å²) in [5.74, 6) is 1.51. The molecule has 0 aliphatic carbocycles. The quantitative estimate of drug-likeness (QED) is 0.776. The second kappa shape index (κ2) is 4.65. The number of aryl methyl sites for hydroxylation is 1. The highest BCUT2D eigenvalue weighted by molar-refractivity contribution is 6.18. The lowest BCUT2D eigenvalue weighted by atomic mass is 10.0. The van der Waals surface area contributed by atoms with Crippen LogP contribution in [0, 0.1) is 6.92 Å². The highest BCUT2D eigenvalue weighted by Gasteiger charge is 2.21. The second-order valence-electron chi connectivity index (χ2n) is 3.84. The van der Waals surface area contributed by atoms with Crippen LogP contribution in [0.4, 0.5) is 5.82 Å². The third-order valence-electron chi connectivity index (χ3n) is 2.50. The predicted octanol–water partition coefficient (Wildman–Crippen LogP) is 3.21. The lowest BCUT2D eigenvalue weighted by Gasteiger charge is -2.28. The average molecular weight is 213 g/mol. The smallest absolute Gasteiger partial charge is 0.129 e. The molecule has 1 heterocycles. The molecule has 78 valence electrons. The molecule has 0 fully saturated rings. The summed E-state index contributed by atoms with van der Waals surface area (Å²) in [5.41, 5.74) is 1.08. The fourth-order valence-corrected chi connectivity index (χ4v) is 1.37. The summed E-state index contributed by atoms with van der Waals surface area (Å²) >= 11 is 5.92. The van der Waals surface area contributed by atoms with E-state index in [2.05, 4.69) is 24.1 Å². The number of alkyl halides is 1. The minimum Gasteiger partial charge on any atom is -0.364 e. The molecule has 14 heavy (non-hydrogen) atoms. The van der Waals surface area contributed by atoms with Crippen LogP contribution in [0.1, 0.15) is 25.8 Å². The van der Waals surface area contributed by atoms with Crippen LogP contribution in [0.25, 0.3) is 0 Å². The van der Waals surface area contributed by atoms with Gasteiger partial charge in [0.15, 0.2) is 0 Å². The van der Waals surface area contributed by atoms with Crippen molar-refractivity contribution in [3.8, 4) is 0 Å². The predicted molar refractivity (Wildman–Crippen MR) is 62.0 cm³/mol. The Hall–Kier alpha value is -0.760. The molecule has 0 aliphatic heterocycles. The summed E-state index contributed by atoms with van der Waals surface area (Å²) in [4.78, 5) is 4.29. The summed E-state index contributed by atoms with van der Waals surface area (Å²) in [6.45, 7) is 6.27. The molecule has 1 aromatic heterocycles. The summed E-state index contributed by atoms with van der Waals surface area (Å²) in [5, 5.41) is 3.38. The molecule has 1 unspecified atom stereocenters. The maximum absolute atomic E-state index is 5.92. The van der Waals surface area contributed by atoms with Crippen molar-refractivity contribution in [3.63, 3.8) is 0 Å². The Labute approximate surface area is 90.7 Å². The van der Waals surface area contributed by atoms with Gasteiger partial charge in [0.1, 0.15) is 5.82 Å². The van der Waals surface area contributed by atoms with E-state index in [1.165, 1.54) is 0 Å². The van der Waals surface area contributed by atoms with Crippen LogP contribution in [-0.2, 0) is 0 Å². The van der Waals surface area contributed by atoms with Crippen LogP contribution in [-0.4, -0.2) is 16.4 Å². The van der Waals surface area contributed by atoms with Crippen LogP contribution in [0.2, 0.25) is 0 Å². The molecule has 1 atom stereocenters. The first-order valence-corrected chi connectivity index (χ1v) is 5.40. The van der Waals surface area contributed by atoms with Gasteiger partial charge in [0.2, 0.25) is 0 Å². The Bertz CT molecular complexity index is 295. The van der Waals surface area contributed by atoms with Crippen molar-refractivity contribution in [3.05, 3.63) is 23.9 Å². The van der Waals surface area contributed by atoms with Crippen LogP contribution in [0.3, 0.4) is 0 Å². The maximum Gasteiger partial charge on any atom is 0.129 e. The Balaban J connectivity index is 2.82. The zero-order chi connectivity index (χ0) is 10.6. The standard InChI is InChI=1S/C11H17ClN2/c1-4-11(3,8-12)14-10-9(2)6-5-7-13-10/h5-7H,4,8H2,1-3H3,(H,13,14). The van der Waals surface area contributed by atoms with Gasteiger partial charge in [-0.15, -0.1) is 11.6 Å². The van der Waals surface area contributed by atoms with E-state index in [0.29, 0.717) is 5.88 Å².